The van der Waals surface area contributed by atoms with Gasteiger partial charge in [0.05, 0.1) is 31.2 Å². The van der Waals surface area contributed by atoms with E-state index in [9.17, 15) is 13.2 Å². The molecule has 1 amide bonds. The second-order valence-corrected chi connectivity index (χ2v) is 8.68. The summed E-state index contributed by atoms with van der Waals surface area (Å²) in [6, 6.07) is 15.9. The molecule has 0 saturated carbocycles. The monoisotopic (exact) mass is 402 g/mol. The van der Waals surface area contributed by atoms with Crippen LogP contribution in [0.15, 0.2) is 54.6 Å². The van der Waals surface area contributed by atoms with Crippen LogP contribution in [0.25, 0.3) is 0 Å². The topological polar surface area (TPSA) is 76.2 Å². The lowest BCUT2D eigenvalue weighted by atomic mass is 10.2. The number of para-hydroxylation sites is 2. The van der Waals surface area contributed by atoms with Crippen molar-refractivity contribution in [2.75, 3.05) is 37.2 Å². The number of ether oxygens (including phenoxy) is 2. The third kappa shape index (κ3) is 3.83. The number of benzene rings is 2. The lowest BCUT2D eigenvalue weighted by molar-refractivity contribution is -0.142. The summed E-state index contributed by atoms with van der Waals surface area (Å²) in [5.41, 5.74) is 1.16. The van der Waals surface area contributed by atoms with Crippen molar-refractivity contribution < 1.29 is 22.7 Å². The van der Waals surface area contributed by atoms with E-state index < -0.39 is 16.1 Å². The van der Waals surface area contributed by atoms with Crippen LogP contribution in [0.3, 0.4) is 0 Å². The Balaban J connectivity index is 1.62. The summed E-state index contributed by atoms with van der Waals surface area (Å²) in [5, 5.41) is 0. The number of rotatable bonds is 4. The first kappa shape index (κ1) is 18.8. The van der Waals surface area contributed by atoms with Gasteiger partial charge in [-0.25, -0.2) is 8.42 Å². The number of fused-ring (bicyclic) bond motifs is 1. The van der Waals surface area contributed by atoms with Crippen molar-refractivity contribution in [1.29, 1.82) is 0 Å². The zero-order valence-corrected chi connectivity index (χ0v) is 16.2. The molecular weight excluding hydrogens is 380 g/mol. The van der Waals surface area contributed by atoms with Crippen LogP contribution in [0.5, 0.6) is 5.75 Å². The van der Waals surface area contributed by atoms with E-state index in [0.29, 0.717) is 43.3 Å². The van der Waals surface area contributed by atoms with Gasteiger partial charge >= 0.3 is 0 Å². The second-order valence-electron chi connectivity index (χ2n) is 6.78. The number of morpholine rings is 1. The lowest BCUT2D eigenvalue weighted by Crippen LogP contribution is -2.54. The van der Waals surface area contributed by atoms with Crippen LogP contribution in [0.1, 0.15) is 5.56 Å². The minimum Gasteiger partial charge on any atom is -0.476 e. The Morgan fingerprint density at radius 3 is 2.43 bits per heavy atom. The highest BCUT2D eigenvalue weighted by Crippen LogP contribution is 2.36. The summed E-state index contributed by atoms with van der Waals surface area (Å²) in [7, 11) is -3.69. The molecule has 1 atom stereocenters. The number of carbonyl (C=O) groups excluding carboxylic acids is 1. The molecule has 1 saturated heterocycles. The number of nitrogens with zero attached hydrogens (tertiary/aromatic N) is 2. The van der Waals surface area contributed by atoms with Crippen molar-refractivity contribution in [3.8, 4) is 5.75 Å². The highest BCUT2D eigenvalue weighted by atomic mass is 32.2. The van der Waals surface area contributed by atoms with Gasteiger partial charge in [0.2, 0.25) is 10.0 Å². The van der Waals surface area contributed by atoms with Gasteiger partial charge in [-0.15, -0.1) is 0 Å². The van der Waals surface area contributed by atoms with Crippen molar-refractivity contribution in [1.82, 2.24) is 4.90 Å². The van der Waals surface area contributed by atoms with Crippen LogP contribution in [-0.4, -0.2) is 58.2 Å². The average Bonchev–Trinajstić information content (AvgIpc) is 2.73. The van der Waals surface area contributed by atoms with E-state index in [4.69, 9.17) is 9.47 Å². The van der Waals surface area contributed by atoms with Gasteiger partial charge in [0, 0.05) is 13.1 Å². The van der Waals surface area contributed by atoms with Crippen LogP contribution >= 0.6 is 0 Å². The maximum absolute atomic E-state index is 13.2. The number of carbonyl (C=O) groups is 1. The highest BCUT2D eigenvalue weighted by Gasteiger charge is 2.38. The molecule has 0 bridgehead atoms. The van der Waals surface area contributed by atoms with E-state index in [2.05, 4.69) is 0 Å². The number of amides is 1. The third-order valence-corrected chi connectivity index (χ3v) is 6.58. The fraction of sp³-hybridized carbons (Fsp3) is 0.350. The van der Waals surface area contributed by atoms with E-state index in [0.717, 1.165) is 0 Å². The fourth-order valence-electron chi connectivity index (χ4n) is 3.44. The minimum absolute atomic E-state index is 0.0393. The highest BCUT2D eigenvalue weighted by molar-refractivity contribution is 7.92. The molecule has 0 radical (unpaired) electrons. The Labute approximate surface area is 164 Å². The summed E-state index contributed by atoms with van der Waals surface area (Å²) in [6.07, 6.45) is -0.876. The normalized spacial score (nSPS) is 19.6. The van der Waals surface area contributed by atoms with Crippen molar-refractivity contribution in [3.63, 3.8) is 0 Å². The molecule has 0 aromatic heterocycles. The third-order valence-electron chi connectivity index (χ3n) is 4.86. The Kier molecular flexibility index (Phi) is 5.23. The quantitative estimate of drug-likeness (QED) is 0.777. The number of hydrogen-bond acceptors (Lipinski definition) is 5. The molecule has 148 valence electrons. The van der Waals surface area contributed by atoms with Gasteiger partial charge in [0.25, 0.3) is 5.91 Å². The standard InChI is InChI=1S/C20H22N2O5S/c23-20(21-10-12-26-13-11-21)19-14-22(17-8-4-5-9-18(17)27-19)28(24,25)15-16-6-2-1-3-7-16/h1-9,19H,10-15H2/t19-/m0/s1. The van der Waals surface area contributed by atoms with Crippen molar-refractivity contribution >= 4 is 21.6 Å². The molecular formula is C20H22N2O5S. The van der Waals surface area contributed by atoms with Gasteiger partial charge in [-0.05, 0) is 17.7 Å². The summed E-state index contributed by atoms with van der Waals surface area (Å²) >= 11 is 0. The molecule has 2 heterocycles. The summed E-state index contributed by atoms with van der Waals surface area (Å²) in [6.45, 7) is 1.88. The Hall–Kier alpha value is -2.58. The minimum atomic E-state index is -3.69. The molecule has 7 nitrogen and oxygen atoms in total. The Morgan fingerprint density at radius 1 is 1.00 bits per heavy atom. The van der Waals surface area contributed by atoms with Gasteiger partial charge in [-0.1, -0.05) is 42.5 Å². The number of sulfonamides is 1. The lowest BCUT2D eigenvalue weighted by Gasteiger charge is -2.37. The molecule has 2 aliphatic heterocycles. The SMILES string of the molecule is O=C([C@@H]1CN(S(=O)(=O)Cc2ccccc2)c2ccccc2O1)N1CCOCC1. The van der Waals surface area contributed by atoms with Gasteiger partial charge in [-0.3, -0.25) is 9.10 Å². The van der Waals surface area contributed by atoms with Crippen molar-refractivity contribution in [3.05, 3.63) is 60.2 Å². The summed E-state index contributed by atoms with van der Waals surface area (Å²) in [4.78, 5) is 14.6. The van der Waals surface area contributed by atoms with Crippen molar-refractivity contribution in [2.24, 2.45) is 0 Å². The van der Waals surface area contributed by atoms with Crippen LogP contribution in [-0.2, 0) is 25.3 Å². The van der Waals surface area contributed by atoms with E-state index >= 15 is 0 Å². The molecule has 4 rings (SSSR count). The summed E-state index contributed by atoms with van der Waals surface area (Å²) in [5.74, 6) is 0.0513. The molecule has 0 spiro atoms. The zero-order chi connectivity index (χ0) is 19.6. The maximum atomic E-state index is 13.2. The first-order chi connectivity index (χ1) is 13.5. The van der Waals surface area contributed by atoms with E-state index in [1.165, 1.54) is 4.31 Å². The van der Waals surface area contributed by atoms with Crippen LogP contribution in [0.2, 0.25) is 0 Å². The molecule has 0 aliphatic carbocycles. The molecule has 2 aromatic carbocycles. The van der Waals surface area contributed by atoms with E-state index in [1.807, 2.05) is 18.2 Å². The largest absolute Gasteiger partial charge is 0.476 e. The zero-order valence-electron chi connectivity index (χ0n) is 15.4. The molecule has 8 heteroatoms. The first-order valence-electron chi connectivity index (χ1n) is 9.21. The molecule has 2 aromatic rings. The predicted octanol–water partition coefficient (Wildman–Crippen LogP) is 1.64. The van der Waals surface area contributed by atoms with Gasteiger partial charge in [-0.2, -0.15) is 0 Å². The fourth-order valence-corrected chi connectivity index (χ4v) is 5.03. The maximum Gasteiger partial charge on any atom is 0.265 e. The second kappa shape index (κ2) is 7.81. The molecule has 0 N–H and O–H groups in total. The number of anilines is 1. The Morgan fingerprint density at radius 2 is 1.68 bits per heavy atom. The van der Waals surface area contributed by atoms with Crippen LogP contribution in [0.4, 0.5) is 5.69 Å². The van der Waals surface area contributed by atoms with Crippen LogP contribution in [0, 0.1) is 0 Å². The summed E-state index contributed by atoms with van der Waals surface area (Å²) < 4.78 is 38.9. The van der Waals surface area contributed by atoms with Gasteiger partial charge in [0.15, 0.2) is 6.10 Å². The van der Waals surface area contributed by atoms with Gasteiger partial charge in [0.1, 0.15) is 5.75 Å². The molecule has 2 aliphatic rings. The smallest absolute Gasteiger partial charge is 0.265 e. The van der Waals surface area contributed by atoms with E-state index in [1.54, 1.807) is 41.3 Å². The average molecular weight is 402 g/mol. The Bertz CT molecular complexity index is 942. The van der Waals surface area contributed by atoms with Crippen molar-refractivity contribution in [2.45, 2.75) is 11.9 Å². The van der Waals surface area contributed by atoms with Gasteiger partial charge < -0.3 is 14.4 Å². The molecule has 0 unspecified atom stereocenters. The molecule has 1 fully saturated rings. The predicted molar refractivity (Wildman–Crippen MR) is 105 cm³/mol. The molecule has 28 heavy (non-hydrogen) atoms. The number of hydrogen-bond donors (Lipinski definition) is 0. The van der Waals surface area contributed by atoms with Crippen LogP contribution < -0.4 is 9.04 Å². The van der Waals surface area contributed by atoms with E-state index in [-0.39, 0.29) is 18.2 Å². The first-order valence-corrected chi connectivity index (χ1v) is 10.8.